The van der Waals surface area contributed by atoms with Crippen molar-refractivity contribution in [2.45, 2.75) is 13.5 Å². The second kappa shape index (κ2) is 5.83. The molecule has 2 aromatic rings. The van der Waals surface area contributed by atoms with E-state index < -0.39 is 4.92 Å². The molecule has 0 aliphatic carbocycles. The number of rotatable bonds is 4. The van der Waals surface area contributed by atoms with Crippen LogP contribution in [0.25, 0.3) is 0 Å². The molecule has 1 aromatic heterocycles. The van der Waals surface area contributed by atoms with Crippen LogP contribution in [-0.2, 0) is 6.61 Å². The first-order valence-electron chi connectivity index (χ1n) is 5.61. The van der Waals surface area contributed by atoms with Crippen molar-refractivity contribution < 1.29 is 9.66 Å². The highest BCUT2D eigenvalue weighted by Gasteiger charge is 2.19. The fraction of sp³-hybridized carbons (Fsp3) is 0.167. The van der Waals surface area contributed by atoms with Crippen LogP contribution in [0.2, 0.25) is 0 Å². The van der Waals surface area contributed by atoms with Crippen LogP contribution < -0.4 is 10.5 Å². The highest BCUT2D eigenvalue weighted by molar-refractivity contribution is 9.10. The minimum atomic E-state index is -0.484. The summed E-state index contributed by atoms with van der Waals surface area (Å²) in [5, 5.41) is 11.0. The number of halogens is 1. The molecule has 0 bridgehead atoms. The van der Waals surface area contributed by atoms with Crippen molar-refractivity contribution in [1.29, 1.82) is 0 Å². The summed E-state index contributed by atoms with van der Waals surface area (Å²) in [7, 11) is 0. The van der Waals surface area contributed by atoms with Crippen molar-refractivity contribution in [2.24, 2.45) is 0 Å². The summed E-state index contributed by atoms with van der Waals surface area (Å²) in [4.78, 5) is 18.5. The van der Waals surface area contributed by atoms with Crippen LogP contribution in [0.15, 0.2) is 29.0 Å². The maximum absolute atomic E-state index is 11.0. The van der Waals surface area contributed by atoms with Crippen molar-refractivity contribution in [1.82, 2.24) is 9.97 Å². The molecular formula is C12H11BrN4O3. The largest absolute Gasteiger partial charge is 0.480 e. The molecule has 104 valence electrons. The lowest BCUT2D eigenvalue weighted by atomic mass is 10.2. The number of hydrogen-bond acceptors (Lipinski definition) is 6. The molecule has 0 spiro atoms. The molecule has 0 radical (unpaired) electrons. The zero-order valence-electron chi connectivity index (χ0n) is 10.5. The predicted molar refractivity (Wildman–Crippen MR) is 76.3 cm³/mol. The van der Waals surface area contributed by atoms with Gasteiger partial charge in [0, 0.05) is 10.5 Å². The van der Waals surface area contributed by atoms with Gasteiger partial charge in [-0.1, -0.05) is 15.9 Å². The van der Waals surface area contributed by atoms with E-state index in [1.165, 1.54) is 18.5 Å². The Kier molecular flexibility index (Phi) is 4.14. The van der Waals surface area contributed by atoms with E-state index in [0.29, 0.717) is 21.5 Å². The van der Waals surface area contributed by atoms with E-state index in [-0.39, 0.29) is 18.0 Å². The van der Waals surface area contributed by atoms with Gasteiger partial charge in [0.25, 0.3) is 0 Å². The second-order valence-electron chi connectivity index (χ2n) is 4.05. The zero-order chi connectivity index (χ0) is 14.7. The summed E-state index contributed by atoms with van der Waals surface area (Å²) in [6.07, 6.45) is 2.87. The van der Waals surface area contributed by atoms with E-state index in [1.807, 2.05) is 0 Å². The Balaban J connectivity index is 2.24. The third-order valence-electron chi connectivity index (χ3n) is 2.51. The second-order valence-corrected chi connectivity index (χ2v) is 4.96. The number of nitro benzene ring substituents is 1. The Labute approximate surface area is 123 Å². The summed E-state index contributed by atoms with van der Waals surface area (Å²) in [5.41, 5.74) is 6.53. The number of nitrogens with two attached hydrogens (primary N) is 1. The van der Waals surface area contributed by atoms with Gasteiger partial charge in [0.2, 0.25) is 5.75 Å². The lowest BCUT2D eigenvalue weighted by molar-refractivity contribution is -0.386. The topological polar surface area (TPSA) is 104 Å². The van der Waals surface area contributed by atoms with E-state index >= 15 is 0 Å². The Morgan fingerprint density at radius 2 is 2.15 bits per heavy atom. The first-order chi connectivity index (χ1) is 9.47. The van der Waals surface area contributed by atoms with Gasteiger partial charge < -0.3 is 10.5 Å². The number of hydrogen-bond donors (Lipinski definition) is 1. The minimum absolute atomic E-state index is 0.0800. The molecule has 2 N–H and O–H groups in total. The van der Waals surface area contributed by atoms with Gasteiger partial charge in [0.15, 0.2) is 0 Å². The fourth-order valence-corrected chi connectivity index (χ4v) is 2.18. The molecule has 0 atom stereocenters. The van der Waals surface area contributed by atoms with E-state index in [1.54, 1.807) is 13.0 Å². The zero-order valence-corrected chi connectivity index (χ0v) is 12.1. The Hall–Kier alpha value is -2.22. The van der Waals surface area contributed by atoms with Gasteiger partial charge in [-0.05, 0) is 18.6 Å². The number of nitrogen functional groups attached to an aromatic ring is 1. The summed E-state index contributed by atoms with van der Waals surface area (Å²) in [6.45, 7) is 1.82. The van der Waals surface area contributed by atoms with Gasteiger partial charge >= 0.3 is 5.69 Å². The number of benzene rings is 1. The number of anilines is 1. The van der Waals surface area contributed by atoms with Crippen LogP contribution >= 0.6 is 15.9 Å². The SMILES string of the molecule is Cc1cc(Br)cc([N+](=O)[O-])c1OCc1cnc(N)cn1. The molecule has 20 heavy (non-hydrogen) atoms. The number of aromatic nitrogens is 2. The highest BCUT2D eigenvalue weighted by atomic mass is 79.9. The van der Waals surface area contributed by atoms with E-state index in [4.69, 9.17) is 10.5 Å². The molecule has 7 nitrogen and oxygen atoms in total. The maximum Gasteiger partial charge on any atom is 0.312 e. The molecule has 0 saturated carbocycles. The van der Waals surface area contributed by atoms with Crippen LogP contribution in [0.3, 0.4) is 0 Å². The molecule has 0 unspecified atom stereocenters. The lowest BCUT2D eigenvalue weighted by Gasteiger charge is -2.09. The number of ether oxygens (including phenoxy) is 1. The molecule has 8 heteroatoms. The van der Waals surface area contributed by atoms with Crippen LogP contribution in [0.5, 0.6) is 5.75 Å². The Bertz CT molecular complexity index is 646. The third kappa shape index (κ3) is 3.21. The summed E-state index contributed by atoms with van der Waals surface area (Å²) in [6, 6.07) is 3.15. The minimum Gasteiger partial charge on any atom is -0.480 e. The molecule has 1 aromatic carbocycles. The molecule has 0 aliphatic heterocycles. The molecular weight excluding hydrogens is 328 g/mol. The van der Waals surface area contributed by atoms with Crippen LogP contribution in [0.1, 0.15) is 11.3 Å². The van der Waals surface area contributed by atoms with Crippen molar-refractivity contribution in [3.8, 4) is 5.75 Å². The quantitative estimate of drug-likeness (QED) is 0.678. The van der Waals surface area contributed by atoms with Crippen molar-refractivity contribution in [2.75, 3.05) is 5.73 Å². The van der Waals surface area contributed by atoms with Crippen LogP contribution in [0, 0.1) is 17.0 Å². The first-order valence-corrected chi connectivity index (χ1v) is 6.40. The molecule has 1 heterocycles. The number of nitrogens with zero attached hydrogens (tertiary/aromatic N) is 3. The summed E-state index contributed by atoms with van der Waals surface area (Å²) in [5.74, 6) is 0.524. The Morgan fingerprint density at radius 1 is 1.40 bits per heavy atom. The first kappa shape index (κ1) is 14.2. The Morgan fingerprint density at radius 3 is 2.75 bits per heavy atom. The summed E-state index contributed by atoms with van der Waals surface area (Å²) >= 11 is 3.22. The van der Waals surface area contributed by atoms with Gasteiger partial charge in [0.1, 0.15) is 12.4 Å². The van der Waals surface area contributed by atoms with Crippen molar-refractivity contribution in [3.05, 3.63) is 50.4 Å². The van der Waals surface area contributed by atoms with Gasteiger partial charge in [-0.25, -0.2) is 4.98 Å². The predicted octanol–water partition coefficient (Wildman–Crippen LogP) is 2.62. The normalized spacial score (nSPS) is 10.3. The average Bonchev–Trinajstić information content (AvgIpc) is 2.38. The fourth-order valence-electron chi connectivity index (χ4n) is 1.62. The lowest BCUT2D eigenvalue weighted by Crippen LogP contribution is -2.04. The van der Waals surface area contributed by atoms with E-state index in [2.05, 4.69) is 25.9 Å². The monoisotopic (exact) mass is 338 g/mol. The standard InChI is InChI=1S/C12H11BrN4O3/c1-7-2-8(13)3-10(17(18)19)12(7)20-6-9-4-16-11(14)5-15-9/h2-5H,6H2,1H3,(H2,14,16). The van der Waals surface area contributed by atoms with Gasteiger partial charge in [-0.3, -0.25) is 15.1 Å². The van der Waals surface area contributed by atoms with Gasteiger partial charge in [0.05, 0.1) is 23.0 Å². The molecule has 2 rings (SSSR count). The molecule has 0 aliphatic rings. The van der Waals surface area contributed by atoms with E-state index in [9.17, 15) is 10.1 Å². The smallest absolute Gasteiger partial charge is 0.312 e. The van der Waals surface area contributed by atoms with Gasteiger partial charge in [-0.2, -0.15) is 0 Å². The third-order valence-corrected chi connectivity index (χ3v) is 2.96. The van der Waals surface area contributed by atoms with Crippen LogP contribution in [0.4, 0.5) is 11.5 Å². The van der Waals surface area contributed by atoms with Crippen LogP contribution in [-0.4, -0.2) is 14.9 Å². The van der Waals surface area contributed by atoms with Crippen molar-refractivity contribution >= 4 is 27.4 Å². The molecule has 0 fully saturated rings. The highest BCUT2D eigenvalue weighted by Crippen LogP contribution is 2.34. The maximum atomic E-state index is 11.0. The average molecular weight is 339 g/mol. The summed E-state index contributed by atoms with van der Waals surface area (Å²) < 4.78 is 6.13. The molecule has 0 amide bonds. The number of nitro groups is 1. The molecule has 0 saturated heterocycles. The van der Waals surface area contributed by atoms with E-state index in [0.717, 1.165) is 0 Å². The van der Waals surface area contributed by atoms with Crippen molar-refractivity contribution in [3.63, 3.8) is 0 Å². The number of aryl methyl sites for hydroxylation is 1. The van der Waals surface area contributed by atoms with Gasteiger partial charge in [-0.15, -0.1) is 0 Å².